The smallest absolute Gasteiger partial charge is 0.255 e. The van der Waals surface area contributed by atoms with E-state index in [1.807, 2.05) is 7.05 Å². The first kappa shape index (κ1) is 21.1. The van der Waals surface area contributed by atoms with Crippen LogP contribution in [0.5, 0.6) is 0 Å². The zero-order valence-corrected chi connectivity index (χ0v) is 17.9. The van der Waals surface area contributed by atoms with Crippen LogP contribution in [0.3, 0.4) is 0 Å². The zero-order chi connectivity index (χ0) is 20.5. The number of piperazine rings is 1. The molecule has 1 saturated heterocycles. The fourth-order valence-corrected chi connectivity index (χ4v) is 5.22. The van der Waals surface area contributed by atoms with E-state index in [1.54, 1.807) is 37.3 Å². The van der Waals surface area contributed by atoms with E-state index in [1.165, 1.54) is 10.4 Å². The number of rotatable bonds is 4. The molecule has 0 unspecified atom stereocenters. The van der Waals surface area contributed by atoms with Crippen molar-refractivity contribution in [3.8, 4) is 0 Å². The number of benzene rings is 2. The highest BCUT2D eigenvalue weighted by atomic mass is 35.5. The number of aryl methyl sites for hydroxylation is 1. The molecule has 0 saturated carbocycles. The first-order valence-electron chi connectivity index (χ1n) is 8.73. The van der Waals surface area contributed by atoms with Gasteiger partial charge in [0.15, 0.2) is 0 Å². The molecule has 3 rings (SSSR count). The van der Waals surface area contributed by atoms with Crippen molar-refractivity contribution >= 4 is 44.8 Å². The number of hydrogen-bond donors (Lipinski definition) is 1. The average molecular weight is 442 g/mol. The quantitative estimate of drug-likeness (QED) is 0.787. The molecular weight excluding hydrogens is 421 g/mol. The SMILES string of the molecule is Cc1ccc(C(=O)Nc2cc(Cl)cc(Cl)c2)cc1S(=O)(=O)N1CCN(C)CC1. The Kier molecular flexibility index (Phi) is 6.31. The lowest BCUT2D eigenvalue weighted by atomic mass is 10.1. The number of hydrogen-bond acceptors (Lipinski definition) is 4. The Bertz CT molecular complexity index is 983. The molecule has 2 aromatic rings. The minimum Gasteiger partial charge on any atom is -0.322 e. The molecule has 0 aliphatic carbocycles. The molecule has 9 heteroatoms. The number of amides is 1. The molecular formula is C19H21Cl2N3O3S. The molecule has 150 valence electrons. The Labute approximate surface area is 175 Å². The van der Waals surface area contributed by atoms with Crippen LogP contribution in [0.1, 0.15) is 15.9 Å². The number of nitrogens with zero attached hydrogens (tertiary/aromatic N) is 2. The molecule has 6 nitrogen and oxygen atoms in total. The van der Waals surface area contributed by atoms with E-state index in [0.717, 1.165) is 0 Å². The van der Waals surface area contributed by atoms with Crippen molar-refractivity contribution in [3.05, 3.63) is 57.6 Å². The standard InChI is InChI=1S/C19H21Cl2N3O3S/c1-13-3-4-14(19(25)22-17-11-15(20)10-16(21)12-17)9-18(13)28(26,27)24-7-5-23(2)6-8-24/h3-4,9-12H,5-8H2,1-2H3,(H,22,25). The Hall–Kier alpha value is -1.64. The Balaban J connectivity index is 1.87. The monoisotopic (exact) mass is 441 g/mol. The highest BCUT2D eigenvalue weighted by molar-refractivity contribution is 7.89. The van der Waals surface area contributed by atoms with E-state index in [0.29, 0.717) is 47.5 Å². The lowest BCUT2D eigenvalue weighted by molar-refractivity contribution is 0.102. The van der Waals surface area contributed by atoms with Gasteiger partial charge in [-0.1, -0.05) is 29.3 Å². The first-order valence-corrected chi connectivity index (χ1v) is 10.9. The highest BCUT2D eigenvalue weighted by Crippen LogP contribution is 2.25. The van der Waals surface area contributed by atoms with Gasteiger partial charge in [0.2, 0.25) is 10.0 Å². The molecule has 0 radical (unpaired) electrons. The number of carbonyl (C=O) groups is 1. The van der Waals surface area contributed by atoms with Crippen molar-refractivity contribution in [1.82, 2.24) is 9.21 Å². The highest BCUT2D eigenvalue weighted by Gasteiger charge is 2.29. The minimum absolute atomic E-state index is 0.147. The van der Waals surface area contributed by atoms with E-state index < -0.39 is 15.9 Å². The van der Waals surface area contributed by atoms with Crippen molar-refractivity contribution in [2.75, 3.05) is 38.5 Å². The molecule has 2 aromatic carbocycles. The van der Waals surface area contributed by atoms with E-state index >= 15 is 0 Å². The van der Waals surface area contributed by atoms with E-state index in [-0.39, 0.29) is 10.5 Å². The van der Waals surface area contributed by atoms with Gasteiger partial charge in [-0.25, -0.2) is 8.42 Å². The van der Waals surface area contributed by atoms with Crippen LogP contribution in [-0.2, 0) is 10.0 Å². The molecule has 1 heterocycles. The summed E-state index contributed by atoms with van der Waals surface area (Å²) >= 11 is 11.9. The van der Waals surface area contributed by atoms with Gasteiger partial charge >= 0.3 is 0 Å². The molecule has 1 aliphatic heterocycles. The maximum Gasteiger partial charge on any atom is 0.255 e. The third kappa shape index (κ3) is 4.67. The molecule has 0 bridgehead atoms. The molecule has 28 heavy (non-hydrogen) atoms. The Morgan fingerprint density at radius 1 is 1.00 bits per heavy atom. The summed E-state index contributed by atoms with van der Waals surface area (Å²) in [4.78, 5) is 14.9. The summed E-state index contributed by atoms with van der Waals surface area (Å²) in [6.07, 6.45) is 0. The van der Waals surface area contributed by atoms with Gasteiger partial charge in [0.1, 0.15) is 0 Å². The molecule has 0 spiro atoms. The molecule has 1 N–H and O–H groups in total. The van der Waals surface area contributed by atoms with Crippen LogP contribution >= 0.6 is 23.2 Å². The number of sulfonamides is 1. The summed E-state index contributed by atoms with van der Waals surface area (Å²) in [6.45, 7) is 3.93. The van der Waals surface area contributed by atoms with Crippen LogP contribution in [0.25, 0.3) is 0 Å². The van der Waals surface area contributed by atoms with Gasteiger partial charge in [0.05, 0.1) is 4.90 Å². The normalized spacial score (nSPS) is 16.1. The second-order valence-electron chi connectivity index (χ2n) is 6.80. The van der Waals surface area contributed by atoms with Gasteiger partial charge in [0.25, 0.3) is 5.91 Å². The number of halogens is 2. The van der Waals surface area contributed by atoms with Crippen LogP contribution in [-0.4, -0.2) is 56.8 Å². The van der Waals surface area contributed by atoms with Crippen LogP contribution in [0.15, 0.2) is 41.3 Å². The van der Waals surface area contributed by atoms with Crippen LogP contribution < -0.4 is 5.32 Å². The second kappa shape index (κ2) is 8.39. The predicted molar refractivity (Wildman–Crippen MR) is 112 cm³/mol. The van der Waals surface area contributed by atoms with E-state index in [4.69, 9.17) is 23.2 Å². The maximum atomic E-state index is 13.1. The van der Waals surface area contributed by atoms with E-state index in [9.17, 15) is 13.2 Å². The van der Waals surface area contributed by atoms with Gasteiger partial charge in [-0.05, 0) is 49.9 Å². The molecule has 1 amide bonds. The third-order valence-electron chi connectivity index (χ3n) is 4.65. The summed E-state index contributed by atoms with van der Waals surface area (Å²) < 4.78 is 27.6. The van der Waals surface area contributed by atoms with Gasteiger partial charge in [-0.2, -0.15) is 4.31 Å². The fourth-order valence-electron chi connectivity index (χ4n) is 3.02. The lowest BCUT2D eigenvalue weighted by Gasteiger charge is -2.32. The minimum atomic E-state index is -3.67. The number of nitrogens with one attached hydrogen (secondary N) is 1. The van der Waals surface area contributed by atoms with Gasteiger partial charge in [0, 0.05) is 47.5 Å². The Morgan fingerprint density at radius 2 is 1.61 bits per heavy atom. The van der Waals surface area contributed by atoms with Crippen molar-refractivity contribution < 1.29 is 13.2 Å². The number of carbonyl (C=O) groups excluding carboxylic acids is 1. The van der Waals surface area contributed by atoms with Crippen molar-refractivity contribution in [1.29, 1.82) is 0 Å². The summed E-state index contributed by atoms with van der Waals surface area (Å²) in [5.41, 5.74) is 1.28. The maximum absolute atomic E-state index is 13.1. The predicted octanol–water partition coefficient (Wildman–Crippen LogP) is 3.49. The van der Waals surface area contributed by atoms with Crippen LogP contribution in [0.2, 0.25) is 10.0 Å². The van der Waals surface area contributed by atoms with Crippen molar-refractivity contribution in [2.45, 2.75) is 11.8 Å². The summed E-state index contributed by atoms with van der Waals surface area (Å²) in [5, 5.41) is 3.49. The van der Waals surface area contributed by atoms with Gasteiger partial charge < -0.3 is 10.2 Å². The first-order chi connectivity index (χ1) is 13.2. The second-order valence-corrected chi connectivity index (χ2v) is 9.58. The Morgan fingerprint density at radius 3 is 2.21 bits per heavy atom. The van der Waals surface area contributed by atoms with Gasteiger partial charge in [-0.15, -0.1) is 0 Å². The lowest BCUT2D eigenvalue weighted by Crippen LogP contribution is -2.47. The van der Waals surface area contributed by atoms with Crippen molar-refractivity contribution in [2.24, 2.45) is 0 Å². The number of anilines is 1. The largest absolute Gasteiger partial charge is 0.322 e. The zero-order valence-electron chi connectivity index (χ0n) is 15.6. The molecule has 0 aromatic heterocycles. The summed E-state index contributed by atoms with van der Waals surface area (Å²) in [6, 6.07) is 9.36. The van der Waals surface area contributed by atoms with Crippen molar-refractivity contribution in [3.63, 3.8) is 0 Å². The fraction of sp³-hybridized carbons (Fsp3) is 0.316. The van der Waals surface area contributed by atoms with Crippen LogP contribution in [0.4, 0.5) is 5.69 Å². The molecule has 1 aliphatic rings. The molecule has 0 atom stereocenters. The van der Waals surface area contributed by atoms with E-state index in [2.05, 4.69) is 10.2 Å². The van der Waals surface area contributed by atoms with Gasteiger partial charge in [-0.3, -0.25) is 4.79 Å². The van der Waals surface area contributed by atoms with Crippen LogP contribution in [0, 0.1) is 6.92 Å². The third-order valence-corrected chi connectivity index (χ3v) is 7.13. The molecule has 1 fully saturated rings. The summed E-state index contributed by atoms with van der Waals surface area (Å²) in [5.74, 6) is -0.437. The average Bonchev–Trinajstić information content (AvgIpc) is 2.61. The topological polar surface area (TPSA) is 69.7 Å². The number of likely N-dealkylation sites (N-methyl/N-ethyl adjacent to an activating group) is 1. The summed E-state index contributed by atoms with van der Waals surface area (Å²) in [7, 11) is -1.71.